The summed E-state index contributed by atoms with van der Waals surface area (Å²) in [5.41, 5.74) is 1.60. The molecule has 312 valence electrons. The number of allylic oxidation sites excluding steroid dienone is 5. The van der Waals surface area contributed by atoms with Crippen molar-refractivity contribution in [3.05, 3.63) is 35.5 Å². The van der Waals surface area contributed by atoms with Gasteiger partial charge in [0.15, 0.2) is 5.41 Å². The van der Waals surface area contributed by atoms with Gasteiger partial charge in [0.25, 0.3) is 0 Å². The first-order valence-electron chi connectivity index (χ1n) is 22.0. The number of halogens is 1. The molecular formula is C47H71FN2O6. The number of fused-ring (bicyclic) bond motifs is 7. The van der Waals surface area contributed by atoms with Crippen LogP contribution in [-0.2, 0) is 14.4 Å². The second kappa shape index (κ2) is 14.3. The summed E-state index contributed by atoms with van der Waals surface area (Å²) in [6, 6.07) is 0. The number of piperidine rings is 1. The Kier molecular flexibility index (Phi) is 10.7. The number of rotatable bonds is 11. The number of hydrogen-bond donors (Lipinski definition) is 4. The Morgan fingerprint density at radius 3 is 2.11 bits per heavy atom. The van der Waals surface area contributed by atoms with Gasteiger partial charge in [-0.15, -0.1) is 6.58 Å². The molecule has 0 radical (unpaired) electrons. The van der Waals surface area contributed by atoms with Crippen molar-refractivity contribution in [1.29, 1.82) is 0 Å². The lowest BCUT2D eigenvalue weighted by molar-refractivity contribution is -0.222. The van der Waals surface area contributed by atoms with Crippen molar-refractivity contribution >= 4 is 17.9 Å². The van der Waals surface area contributed by atoms with E-state index in [9.17, 15) is 34.1 Å². The minimum absolute atomic E-state index is 0.0440. The molecule has 9 heteroatoms. The van der Waals surface area contributed by atoms with Crippen LogP contribution in [0, 0.1) is 62.1 Å². The third-order valence-corrected chi connectivity index (χ3v) is 18.9. The predicted octanol–water partition coefficient (Wildman–Crippen LogP) is 9.31. The lowest BCUT2D eigenvalue weighted by Gasteiger charge is -2.72. The topological polar surface area (TPSA) is 127 Å². The second-order valence-corrected chi connectivity index (χ2v) is 21.5. The van der Waals surface area contributed by atoms with E-state index in [2.05, 4.69) is 70.5 Å². The largest absolute Gasteiger partial charge is 0.481 e. The smallest absolute Gasteiger partial charge is 0.321 e. The Bertz CT molecular complexity index is 1660. The molecule has 0 spiro atoms. The molecule has 0 aromatic carbocycles. The van der Waals surface area contributed by atoms with Crippen molar-refractivity contribution in [1.82, 2.24) is 10.2 Å². The Morgan fingerprint density at radius 2 is 1.52 bits per heavy atom. The van der Waals surface area contributed by atoms with E-state index in [0.717, 1.165) is 25.9 Å². The van der Waals surface area contributed by atoms with Crippen molar-refractivity contribution < 1.29 is 34.1 Å². The fraction of sp³-hybridized carbons (Fsp3) is 0.809. The lowest BCUT2D eigenvalue weighted by Crippen LogP contribution is -2.68. The van der Waals surface area contributed by atoms with Crippen LogP contribution in [0.1, 0.15) is 138 Å². The number of likely N-dealkylation sites (tertiary alicyclic amines) is 1. The standard InChI is InChI=1S/C47H71FN2O6/c1-30(2)28-32-12-19-47(49-24-27-50-25-22-46(23-26-50,39(53)54)40(55)56)21-20-43(6)34(37(32)47)8-9-36-42(5)15-13-33(41(3,4)35(42)14-16-44(36,43)7)31-10-17-45(29-48,18-11-31)38(51)52/h10,13,32,34-37,49H,1,8-9,11-12,14-29H2,2-7H3,(H,51,52)(H,53,54)(H,55,56)/t32-,34+,35-,36+,37+,42-,43+,44+,45+,47-/m0/s1. The van der Waals surface area contributed by atoms with Crippen LogP contribution in [0.5, 0.6) is 0 Å². The van der Waals surface area contributed by atoms with Gasteiger partial charge in [-0.2, -0.15) is 0 Å². The van der Waals surface area contributed by atoms with E-state index in [1.807, 2.05) is 0 Å². The third kappa shape index (κ3) is 6.11. The molecule has 0 aromatic rings. The number of carboxylic acid groups (broad SMARTS) is 3. The normalized spacial score (nSPS) is 42.9. The summed E-state index contributed by atoms with van der Waals surface area (Å²) in [4.78, 5) is 38.1. The zero-order valence-corrected chi connectivity index (χ0v) is 35.3. The van der Waals surface area contributed by atoms with Gasteiger partial charge >= 0.3 is 17.9 Å². The second-order valence-electron chi connectivity index (χ2n) is 21.5. The monoisotopic (exact) mass is 779 g/mol. The van der Waals surface area contributed by atoms with Crippen LogP contribution >= 0.6 is 0 Å². The molecule has 5 fully saturated rings. The summed E-state index contributed by atoms with van der Waals surface area (Å²) in [5, 5.41) is 33.5. The Balaban J connectivity index is 1.11. The molecule has 1 saturated heterocycles. The molecule has 56 heavy (non-hydrogen) atoms. The highest BCUT2D eigenvalue weighted by molar-refractivity contribution is 5.98. The average molecular weight is 779 g/mol. The molecule has 8 nitrogen and oxygen atoms in total. The highest BCUT2D eigenvalue weighted by Gasteiger charge is 2.70. The Labute approximate surface area is 335 Å². The molecule has 0 amide bonds. The minimum Gasteiger partial charge on any atom is -0.481 e. The molecule has 0 aromatic heterocycles. The summed E-state index contributed by atoms with van der Waals surface area (Å²) in [6.45, 7) is 21.2. The van der Waals surface area contributed by atoms with Gasteiger partial charge in [-0.3, -0.25) is 14.4 Å². The van der Waals surface area contributed by atoms with E-state index in [-0.39, 0.29) is 46.5 Å². The fourth-order valence-corrected chi connectivity index (χ4v) is 15.5. The number of nitrogens with one attached hydrogen (secondary N) is 1. The Morgan fingerprint density at radius 1 is 0.821 bits per heavy atom. The van der Waals surface area contributed by atoms with Crippen molar-refractivity contribution in [2.75, 3.05) is 32.9 Å². The van der Waals surface area contributed by atoms with E-state index < -0.39 is 35.4 Å². The maximum absolute atomic E-state index is 14.0. The summed E-state index contributed by atoms with van der Waals surface area (Å²) in [7, 11) is 0. The van der Waals surface area contributed by atoms with Crippen LogP contribution in [0.25, 0.3) is 0 Å². The number of hydrogen-bond acceptors (Lipinski definition) is 5. The summed E-state index contributed by atoms with van der Waals surface area (Å²) in [6.07, 6.45) is 18.0. The maximum atomic E-state index is 14.0. The van der Waals surface area contributed by atoms with Crippen molar-refractivity contribution in [2.45, 2.75) is 143 Å². The molecule has 6 aliphatic carbocycles. The maximum Gasteiger partial charge on any atom is 0.321 e. The number of carboxylic acids is 3. The first-order valence-corrected chi connectivity index (χ1v) is 22.0. The van der Waals surface area contributed by atoms with Gasteiger partial charge in [-0.1, -0.05) is 52.3 Å². The summed E-state index contributed by atoms with van der Waals surface area (Å²) < 4.78 is 14.0. The molecule has 1 aliphatic heterocycles. The molecule has 0 bridgehead atoms. The predicted molar refractivity (Wildman–Crippen MR) is 217 cm³/mol. The first kappa shape index (κ1) is 41.6. The number of aliphatic carboxylic acids is 3. The van der Waals surface area contributed by atoms with Crippen molar-refractivity contribution in [2.24, 2.45) is 62.1 Å². The van der Waals surface area contributed by atoms with E-state index in [0.29, 0.717) is 55.5 Å². The number of nitrogens with zero attached hydrogens (tertiary/aromatic N) is 1. The third-order valence-electron chi connectivity index (χ3n) is 18.9. The molecule has 7 rings (SSSR count). The zero-order chi connectivity index (χ0) is 40.7. The quantitative estimate of drug-likeness (QED) is 0.121. The van der Waals surface area contributed by atoms with Gasteiger partial charge in [0, 0.05) is 18.6 Å². The van der Waals surface area contributed by atoms with Crippen LogP contribution in [0.15, 0.2) is 35.5 Å². The Hall–Kier alpha value is -2.52. The van der Waals surface area contributed by atoms with Gasteiger partial charge in [0.2, 0.25) is 0 Å². The molecule has 0 unspecified atom stereocenters. The van der Waals surface area contributed by atoms with Crippen molar-refractivity contribution in [3.8, 4) is 0 Å². The molecule has 1 heterocycles. The minimum atomic E-state index is -1.67. The van der Waals surface area contributed by atoms with Gasteiger partial charge < -0.3 is 25.5 Å². The van der Waals surface area contributed by atoms with Crippen molar-refractivity contribution in [3.63, 3.8) is 0 Å². The van der Waals surface area contributed by atoms with Crippen LogP contribution < -0.4 is 5.32 Å². The molecule has 4 saturated carbocycles. The summed E-state index contributed by atoms with van der Waals surface area (Å²) >= 11 is 0. The number of alkyl halides is 1. The summed E-state index contributed by atoms with van der Waals surface area (Å²) in [5.74, 6) is -0.497. The SMILES string of the molecule is C=C(C)C[C@@H]1CC[C@]2(NCCN3CCC(C(=O)O)(C(=O)O)CC3)CC[C@]3(C)[C@H](CC[C@@H]4[C@@]5(C)CC=C(C6=CC[C@@](CF)(C(=O)O)CC6)C(C)(C)[C@@H]5CC[C@]43C)[C@@H]12. The molecular weight excluding hydrogens is 708 g/mol. The molecule has 7 aliphatic rings. The average Bonchev–Trinajstić information content (AvgIpc) is 3.49. The van der Waals surface area contributed by atoms with Crippen LogP contribution in [0.2, 0.25) is 0 Å². The van der Waals surface area contributed by atoms with Gasteiger partial charge in [-0.25, -0.2) is 4.39 Å². The van der Waals surface area contributed by atoms with Crippen LogP contribution in [0.4, 0.5) is 4.39 Å². The van der Waals surface area contributed by atoms with E-state index in [1.165, 1.54) is 68.1 Å². The first-order chi connectivity index (χ1) is 26.3. The molecule has 10 atom stereocenters. The highest BCUT2D eigenvalue weighted by atomic mass is 19.1. The van der Waals surface area contributed by atoms with E-state index >= 15 is 0 Å². The number of carbonyl (C=O) groups is 3. The van der Waals surface area contributed by atoms with E-state index in [4.69, 9.17) is 0 Å². The van der Waals surface area contributed by atoms with Gasteiger partial charge in [-0.05, 0) is 179 Å². The lowest BCUT2D eigenvalue weighted by atomic mass is 9.33. The zero-order valence-electron chi connectivity index (χ0n) is 35.3. The molecule has 4 N–H and O–H groups in total. The van der Waals surface area contributed by atoms with E-state index in [1.54, 1.807) is 0 Å². The van der Waals surface area contributed by atoms with Gasteiger partial charge in [0.1, 0.15) is 6.67 Å². The van der Waals surface area contributed by atoms with Gasteiger partial charge in [0.05, 0.1) is 5.41 Å². The van der Waals surface area contributed by atoms with Crippen LogP contribution in [0.3, 0.4) is 0 Å². The highest BCUT2D eigenvalue weighted by Crippen LogP contribution is 2.76. The van der Waals surface area contributed by atoms with Crippen LogP contribution in [-0.4, -0.2) is 76.5 Å². The fourth-order valence-electron chi connectivity index (χ4n) is 15.5.